The second-order valence-electron chi connectivity index (χ2n) is 7.14. The molecule has 0 fully saturated rings. The zero-order valence-electron chi connectivity index (χ0n) is 15.8. The molecule has 0 saturated heterocycles. The number of thiophene rings is 1. The van der Waals surface area contributed by atoms with Crippen molar-refractivity contribution in [2.24, 2.45) is 5.92 Å². The van der Waals surface area contributed by atoms with E-state index in [4.69, 9.17) is 4.74 Å². The number of rotatable bonds is 4. The lowest BCUT2D eigenvalue weighted by Crippen LogP contribution is -2.27. The van der Waals surface area contributed by atoms with Gasteiger partial charge in [-0.15, -0.1) is 11.3 Å². The molecule has 5 rings (SSSR count). The third kappa shape index (κ3) is 2.89. The first-order chi connectivity index (χ1) is 14.2. The minimum Gasteiger partial charge on any atom is -0.496 e. The lowest BCUT2D eigenvalue weighted by Gasteiger charge is -2.34. The van der Waals surface area contributed by atoms with E-state index in [-0.39, 0.29) is 17.7 Å². The number of methoxy groups -OCH3 is 1. The van der Waals surface area contributed by atoms with Gasteiger partial charge in [-0.3, -0.25) is 4.98 Å². The third-order valence-electron chi connectivity index (χ3n) is 5.59. The van der Waals surface area contributed by atoms with Crippen molar-refractivity contribution in [1.82, 2.24) is 14.5 Å². The van der Waals surface area contributed by atoms with Crippen LogP contribution in [0.3, 0.4) is 0 Å². The monoisotopic (exact) mass is 405 g/mol. The Morgan fingerprint density at radius 2 is 2.21 bits per heavy atom. The number of carboxylic acid groups (broad SMARTS) is 1. The molecule has 1 N–H and O–H groups in total. The summed E-state index contributed by atoms with van der Waals surface area (Å²) in [4.78, 5) is 21.6. The van der Waals surface area contributed by atoms with E-state index in [9.17, 15) is 9.90 Å². The summed E-state index contributed by atoms with van der Waals surface area (Å²) >= 11 is 1.58. The van der Waals surface area contributed by atoms with Crippen LogP contribution in [0.4, 0.5) is 0 Å². The molecule has 0 bridgehead atoms. The van der Waals surface area contributed by atoms with E-state index >= 15 is 0 Å². The normalized spacial score (nSPS) is 20.3. The van der Waals surface area contributed by atoms with Gasteiger partial charge >= 0.3 is 5.97 Å². The number of hydrogen-bond donors (Lipinski definition) is 1. The van der Waals surface area contributed by atoms with Gasteiger partial charge in [-0.25, -0.2) is 9.78 Å². The first-order valence-electron chi connectivity index (χ1n) is 9.43. The highest BCUT2D eigenvalue weighted by molar-refractivity contribution is 7.13. The number of pyridine rings is 1. The van der Waals surface area contributed by atoms with Crippen molar-refractivity contribution in [3.05, 3.63) is 77.0 Å². The van der Waals surface area contributed by atoms with Gasteiger partial charge in [0.2, 0.25) is 5.82 Å². The second-order valence-corrected chi connectivity index (χ2v) is 8.09. The zero-order chi connectivity index (χ0) is 20.0. The summed E-state index contributed by atoms with van der Waals surface area (Å²) in [5.74, 6) is 0.210. The van der Waals surface area contributed by atoms with Crippen molar-refractivity contribution < 1.29 is 14.6 Å². The number of hydrogen-bond acceptors (Lipinski definition) is 5. The van der Waals surface area contributed by atoms with E-state index in [1.54, 1.807) is 24.6 Å². The number of carbonyl (C=O) groups is 1. The first kappa shape index (κ1) is 17.9. The van der Waals surface area contributed by atoms with Crippen LogP contribution in [0.1, 0.15) is 34.2 Å². The molecule has 7 heteroatoms. The minimum atomic E-state index is -0.993. The number of fused-ring (bicyclic) bond motifs is 3. The van der Waals surface area contributed by atoms with Crippen molar-refractivity contribution in [2.75, 3.05) is 7.11 Å². The van der Waals surface area contributed by atoms with Gasteiger partial charge < -0.3 is 14.4 Å². The average molecular weight is 405 g/mol. The maximum absolute atomic E-state index is 11.9. The molecule has 6 nitrogen and oxygen atoms in total. The molecule has 146 valence electrons. The zero-order valence-corrected chi connectivity index (χ0v) is 16.6. The summed E-state index contributed by atoms with van der Waals surface area (Å²) in [6.07, 6.45) is 8.76. The van der Waals surface area contributed by atoms with Crippen LogP contribution in [0.15, 0.2) is 60.0 Å². The van der Waals surface area contributed by atoms with E-state index < -0.39 is 5.97 Å². The molecule has 29 heavy (non-hydrogen) atoms. The fraction of sp³-hybridized carbons (Fsp3) is 0.227. The summed E-state index contributed by atoms with van der Waals surface area (Å²) < 4.78 is 7.57. The molecule has 1 aliphatic heterocycles. The number of aromatic nitrogens is 3. The van der Waals surface area contributed by atoms with Gasteiger partial charge in [0, 0.05) is 36.0 Å². The van der Waals surface area contributed by atoms with Crippen LogP contribution in [0.5, 0.6) is 0 Å². The average Bonchev–Trinajstić information content (AvgIpc) is 3.41. The Bertz CT molecular complexity index is 1130. The van der Waals surface area contributed by atoms with Crippen LogP contribution in [0.25, 0.3) is 16.1 Å². The summed E-state index contributed by atoms with van der Waals surface area (Å²) in [6.45, 7) is 0.625. The van der Waals surface area contributed by atoms with Crippen molar-refractivity contribution in [1.29, 1.82) is 0 Å². The molecule has 0 amide bonds. The number of nitrogens with zero attached hydrogens (tertiary/aromatic N) is 3. The van der Waals surface area contributed by atoms with E-state index in [1.807, 2.05) is 40.4 Å². The molecule has 0 saturated carbocycles. The third-order valence-corrected chi connectivity index (χ3v) is 6.46. The quantitative estimate of drug-likeness (QED) is 0.695. The smallest absolute Gasteiger partial charge is 0.372 e. The van der Waals surface area contributed by atoms with Gasteiger partial charge in [-0.1, -0.05) is 18.2 Å². The Morgan fingerprint density at radius 3 is 2.90 bits per heavy atom. The molecule has 3 aromatic rings. The Hall–Kier alpha value is -3.19. The highest BCUT2D eigenvalue weighted by Crippen LogP contribution is 2.47. The Balaban J connectivity index is 1.71. The molecule has 4 heterocycles. The van der Waals surface area contributed by atoms with Crippen molar-refractivity contribution in [3.8, 4) is 10.6 Å². The first-order valence-corrected chi connectivity index (χ1v) is 10.3. The molecular weight excluding hydrogens is 386 g/mol. The van der Waals surface area contributed by atoms with Crippen molar-refractivity contribution in [2.45, 2.75) is 18.9 Å². The second kappa shape index (κ2) is 7.00. The van der Waals surface area contributed by atoms with Crippen LogP contribution in [0, 0.1) is 5.92 Å². The van der Waals surface area contributed by atoms with Crippen LogP contribution in [0.2, 0.25) is 0 Å². The number of imidazole rings is 1. The standard InChI is InChI=1S/C22H19N3O3S/c1-28-17-10-13-6-8-25-20(16(13)11-15(17)14-4-2-7-23-12-14)19(18-5-3-9-29-18)24-21(25)22(26)27/h2-5,7,9-13,16H,6,8H2,1H3,(H,26,27). The maximum Gasteiger partial charge on any atom is 0.372 e. The summed E-state index contributed by atoms with van der Waals surface area (Å²) in [7, 11) is 1.68. The Kier molecular flexibility index (Phi) is 4.32. The van der Waals surface area contributed by atoms with Crippen molar-refractivity contribution in [3.63, 3.8) is 0 Å². The number of carboxylic acids is 1. The lowest BCUT2D eigenvalue weighted by molar-refractivity contribution is 0.0676. The molecule has 1 aliphatic carbocycles. The fourth-order valence-corrected chi connectivity index (χ4v) is 5.04. The minimum absolute atomic E-state index is 0.0237. The highest BCUT2D eigenvalue weighted by atomic mass is 32.1. The van der Waals surface area contributed by atoms with E-state index in [0.29, 0.717) is 6.54 Å². The molecule has 2 atom stereocenters. The Morgan fingerprint density at radius 1 is 1.31 bits per heavy atom. The van der Waals surface area contributed by atoms with E-state index in [2.05, 4.69) is 22.1 Å². The van der Waals surface area contributed by atoms with Gasteiger partial charge in [-0.2, -0.15) is 0 Å². The van der Waals surface area contributed by atoms with Gasteiger partial charge in [0.1, 0.15) is 11.5 Å². The maximum atomic E-state index is 11.9. The number of aromatic carboxylic acids is 1. The van der Waals surface area contributed by atoms with Crippen molar-refractivity contribution >= 4 is 22.9 Å². The SMILES string of the molecule is COC1=CC2CCn3c(C(=O)O)nc(-c4cccs4)c3C2C=C1c1cccnc1. The van der Waals surface area contributed by atoms with E-state index in [1.165, 1.54) is 0 Å². The van der Waals surface area contributed by atoms with Crippen LogP contribution in [-0.4, -0.2) is 32.7 Å². The molecule has 2 unspecified atom stereocenters. The molecule has 0 spiro atoms. The molecule has 3 aromatic heterocycles. The largest absolute Gasteiger partial charge is 0.496 e. The van der Waals surface area contributed by atoms with Gasteiger partial charge in [0.15, 0.2) is 0 Å². The predicted molar refractivity (Wildman–Crippen MR) is 111 cm³/mol. The molecule has 0 radical (unpaired) electrons. The van der Waals surface area contributed by atoms with Crippen LogP contribution < -0.4 is 0 Å². The highest BCUT2D eigenvalue weighted by Gasteiger charge is 2.37. The van der Waals surface area contributed by atoms with Crippen LogP contribution in [-0.2, 0) is 11.3 Å². The topological polar surface area (TPSA) is 77.2 Å². The summed E-state index contributed by atoms with van der Waals surface area (Å²) in [6, 6.07) is 7.87. The van der Waals surface area contributed by atoms with Gasteiger partial charge in [-0.05, 0) is 35.9 Å². The molecule has 2 aliphatic rings. The molecule has 0 aromatic carbocycles. The van der Waals surface area contributed by atoms with Gasteiger partial charge in [0.05, 0.1) is 17.7 Å². The Labute approximate surface area is 171 Å². The van der Waals surface area contributed by atoms with E-state index in [0.717, 1.165) is 39.6 Å². The number of allylic oxidation sites excluding steroid dienone is 3. The van der Waals surface area contributed by atoms with Crippen LogP contribution >= 0.6 is 11.3 Å². The summed E-state index contributed by atoms with van der Waals surface area (Å²) in [5.41, 5.74) is 3.69. The predicted octanol–water partition coefficient (Wildman–Crippen LogP) is 4.44. The lowest BCUT2D eigenvalue weighted by atomic mass is 9.77. The van der Waals surface area contributed by atoms with Gasteiger partial charge in [0.25, 0.3) is 0 Å². The fourth-order valence-electron chi connectivity index (χ4n) is 4.32. The summed E-state index contributed by atoms with van der Waals surface area (Å²) in [5, 5.41) is 11.7. The molecular formula is C22H19N3O3S. The number of ether oxygens (including phenoxy) is 1.